The van der Waals surface area contributed by atoms with Crippen molar-refractivity contribution < 1.29 is 14.7 Å². The number of nitrogens with zero attached hydrogens (tertiary/aromatic N) is 1. The van der Waals surface area contributed by atoms with E-state index in [-0.39, 0.29) is 24.4 Å². The molecule has 0 spiro atoms. The maximum atomic E-state index is 11.9. The molecule has 1 aromatic heterocycles. The van der Waals surface area contributed by atoms with Gasteiger partial charge in [-0.1, -0.05) is 18.9 Å². The summed E-state index contributed by atoms with van der Waals surface area (Å²) in [7, 11) is 0. The van der Waals surface area contributed by atoms with E-state index in [9.17, 15) is 19.5 Å². The van der Waals surface area contributed by atoms with Crippen molar-refractivity contribution in [3.63, 3.8) is 0 Å². The second-order valence-corrected chi connectivity index (χ2v) is 5.12. The molecule has 0 radical (unpaired) electrons. The van der Waals surface area contributed by atoms with Crippen molar-refractivity contribution in [1.29, 1.82) is 0 Å². The first kappa shape index (κ1) is 14.3. The number of rotatable bonds is 5. The Morgan fingerprint density at radius 3 is 2.60 bits per heavy atom. The normalized spacial score (nSPS) is 16.8. The van der Waals surface area contributed by atoms with Crippen molar-refractivity contribution in [1.82, 2.24) is 9.88 Å². The van der Waals surface area contributed by atoms with Gasteiger partial charge in [-0.05, 0) is 18.9 Å². The third kappa shape index (κ3) is 3.07. The molecule has 1 amide bonds. The monoisotopic (exact) mass is 278 g/mol. The summed E-state index contributed by atoms with van der Waals surface area (Å²) in [6.45, 7) is 0.251. The minimum Gasteiger partial charge on any atom is -0.480 e. The molecule has 20 heavy (non-hydrogen) atoms. The number of amides is 1. The van der Waals surface area contributed by atoms with E-state index < -0.39 is 11.5 Å². The maximum absolute atomic E-state index is 11.9. The Bertz CT molecular complexity index is 558. The number of pyridine rings is 1. The number of carboxylic acids is 1. The van der Waals surface area contributed by atoms with E-state index >= 15 is 0 Å². The second-order valence-electron chi connectivity index (χ2n) is 5.12. The fourth-order valence-electron chi connectivity index (χ4n) is 2.57. The first-order valence-electron chi connectivity index (χ1n) is 6.73. The van der Waals surface area contributed by atoms with Crippen molar-refractivity contribution in [2.75, 3.05) is 0 Å². The molecule has 1 fully saturated rings. The zero-order valence-corrected chi connectivity index (χ0v) is 11.2. The van der Waals surface area contributed by atoms with Gasteiger partial charge in [0.25, 0.3) is 5.56 Å². The number of aliphatic carboxylic acids is 1. The van der Waals surface area contributed by atoms with Crippen LogP contribution in [0.15, 0.2) is 29.2 Å². The Morgan fingerprint density at radius 2 is 2.00 bits per heavy atom. The lowest BCUT2D eigenvalue weighted by atomic mass is 9.97. The van der Waals surface area contributed by atoms with Crippen LogP contribution in [0.25, 0.3) is 0 Å². The highest BCUT2D eigenvalue weighted by molar-refractivity contribution is 5.87. The van der Waals surface area contributed by atoms with Crippen LogP contribution < -0.4 is 10.9 Å². The van der Waals surface area contributed by atoms with Crippen molar-refractivity contribution in [3.8, 4) is 0 Å². The summed E-state index contributed by atoms with van der Waals surface area (Å²) < 4.78 is 1.43. The molecule has 2 rings (SSSR count). The van der Waals surface area contributed by atoms with E-state index in [1.54, 1.807) is 18.3 Å². The molecule has 0 aromatic carbocycles. The van der Waals surface area contributed by atoms with Crippen LogP contribution in [0.4, 0.5) is 0 Å². The first-order valence-corrected chi connectivity index (χ1v) is 6.73. The van der Waals surface area contributed by atoms with Crippen LogP contribution in [0, 0.1) is 0 Å². The van der Waals surface area contributed by atoms with E-state index in [1.807, 2.05) is 0 Å². The summed E-state index contributed by atoms with van der Waals surface area (Å²) in [5.74, 6) is -1.30. The predicted molar refractivity (Wildman–Crippen MR) is 72.3 cm³/mol. The van der Waals surface area contributed by atoms with Crippen LogP contribution in [-0.2, 0) is 16.1 Å². The highest BCUT2D eigenvalue weighted by Crippen LogP contribution is 2.29. The van der Waals surface area contributed by atoms with Gasteiger partial charge in [0.1, 0.15) is 5.54 Å². The van der Waals surface area contributed by atoms with Gasteiger partial charge in [0.15, 0.2) is 0 Å². The zero-order valence-electron chi connectivity index (χ0n) is 11.2. The average Bonchev–Trinajstić information content (AvgIpc) is 2.88. The molecule has 1 aliphatic rings. The molecule has 1 saturated carbocycles. The number of aryl methyl sites for hydroxylation is 1. The Balaban J connectivity index is 1.94. The van der Waals surface area contributed by atoms with Gasteiger partial charge >= 0.3 is 5.97 Å². The van der Waals surface area contributed by atoms with Gasteiger partial charge in [0, 0.05) is 25.2 Å². The van der Waals surface area contributed by atoms with Crippen LogP contribution in [0.1, 0.15) is 32.1 Å². The SMILES string of the molecule is O=C(CCn1ccccc1=O)NC1(C(=O)O)CCCC1. The third-order valence-electron chi connectivity index (χ3n) is 3.72. The number of carbonyl (C=O) groups excluding carboxylic acids is 1. The molecule has 0 aliphatic heterocycles. The summed E-state index contributed by atoms with van der Waals surface area (Å²) >= 11 is 0. The van der Waals surface area contributed by atoms with Gasteiger partial charge in [0.05, 0.1) is 0 Å². The van der Waals surface area contributed by atoms with E-state index in [0.717, 1.165) is 12.8 Å². The molecule has 1 aliphatic carbocycles. The minimum atomic E-state index is -1.11. The Morgan fingerprint density at radius 1 is 1.30 bits per heavy atom. The lowest BCUT2D eigenvalue weighted by Gasteiger charge is -2.25. The summed E-state index contributed by atoms with van der Waals surface area (Å²) in [6.07, 6.45) is 4.27. The van der Waals surface area contributed by atoms with Crippen LogP contribution in [0.3, 0.4) is 0 Å². The van der Waals surface area contributed by atoms with Crippen molar-refractivity contribution in [2.45, 2.75) is 44.2 Å². The topological polar surface area (TPSA) is 88.4 Å². The summed E-state index contributed by atoms with van der Waals surface area (Å²) in [5, 5.41) is 11.9. The highest BCUT2D eigenvalue weighted by Gasteiger charge is 2.42. The first-order chi connectivity index (χ1) is 9.53. The number of carbonyl (C=O) groups is 2. The molecule has 0 saturated heterocycles. The molecule has 0 unspecified atom stereocenters. The molecule has 6 nitrogen and oxygen atoms in total. The molecule has 1 heterocycles. The summed E-state index contributed by atoms with van der Waals surface area (Å²) in [5.41, 5.74) is -1.28. The number of hydrogen-bond donors (Lipinski definition) is 2. The van der Waals surface area contributed by atoms with Gasteiger partial charge in [-0.15, -0.1) is 0 Å². The number of hydrogen-bond acceptors (Lipinski definition) is 3. The maximum Gasteiger partial charge on any atom is 0.329 e. The van der Waals surface area contributed by atoms with Gasteiger partial charge in [-0.2, -0.15) is 0 Å². The van der Waals surface area contributed by atoms with E-state index in [4.69, 9.17) is 0 Å². The van der Waals surface area contributed by atoms with Gasteiger partial charge in [-0.3, -0.25) is 9.59 Å². The van der Waals surface area contributed by atoms with Crippen LogP contribution in [-0.4, -0.2) is 27.1 Å². The standard InChI is InChI=1S/C14H18N2O4/c17-11(6-10-16-9-4-1-5-12(16)18)15-14(13(19)20)7-2-3-8-14/h1,4-5,9H,2-3,6-8,10H2,(H,15,17)(H,19,20). The smallest absolute Gasteiger partial charge is 0.329 e. The van der Waals surface area contributed by atoms with Gasteiger partial charge in [-0.25, -0.2) is 4.79 Å². The third-order valence-corrected chi connectivity index (χ3v) is 3.72. The molecular formula is C14H18N2O4. The lowest BCUT2D eigenvalue weighted by Crippen LogP contribution is -2.52. The summed E-state index contributed by atoms with van der Waals surface area (Å²) in [6, 6.07) is 4.78. The molecule has 1 aromatic rings. The molecular weight excluding hydrogens is 260 g/mol. The van der Waals surface area contributed by atoms with Crippen LogP contribution >= 0.6 is 0 Å². The average molecular weight is 278 g/mol. The molecule has 108 valence electrons. The fraction of sp³-hybridized carbons (Fsp3) is 0.500. The van der Waals surface area contributed by atoms with Crippen molar-refractivity contribution in [3.05, 3.63) is 34.7 Å². The fourth-order valence-corrected chi connectivity index (χ4v) is 2.57. The number of carboxylic acid groups (broad SMARTS) is 1. The van der Waals surface area contributed by atoms with Crippen molar-refractivity contribution >= 4 is 11.9 Å². The second kappa shape index (κ2) is 5.90. The van der Waals surface area contributed by atoms with E-state index in [2.05, 4.69) is 5.32 Å². The Kier molecular flexibility index (Phi) is 4.22. The van der Waals surface area contributed by atoms with E-state index in [1.165, 1.54) is 10.6 Å². The number of nitrogens with one attached hydrogen (secondary N) is 1. The quantitative estimate of drug-likeness (QED) is 0.832. The van der Waals surface area contributed by atoms with Crippen molar-refractivity contribution in [2.24, 2.45) is 0 Å². The zero-order chi connectivity index (χ0) is 14.6. The minimum absolute atomic E-state index is 0.0962. The Labute approximate surface area is 116 Å². The largest absolute Gasteiger partial charge is 0.480 e. The summed E-state index contributed by atoms with van der Waals surface area (Å²) in [4.78, 5) is 34.7. The van der Waals surface area contributed by atoms with Gasteiger partial charge in [0.2, 0.25) is 5.91 Å². The number of aromatic nitrogens is 1. The Hall–Kier alpha value is -2.11. The van der Waals surface area contributed by atoms with E-state index in [0.29, 0.717) is 12.8 Å². The lowest BCUT2D eigenvalue weighted by molar-refractivity contribution is -0.147. The van der Waals surface area contributed by atoms with Crippen LogP contribution in [0.2, 0.25) is 0 Å². The van der Waals surface area contributed by atoms with Crippen LogP contribution in [0.5, 0.6) is 0 Å². The molecule has 6 heteroatoms. The van der Waals surface area contributed by atoms with Gasteiger partial charge < -0.3 is 15.0 Å². The molecule has 2 N–H and O–H groups in total. The highest BCUT2D eigenvalue weighted by atomic mass is 16.4. The molecule has 0 atom stereocenters. The molecule has 0 bridgehead atoms. The predicted octanol–water partition coefficient (Wildman–Crippen LogP) is 0.752.